The van der Waals surface area contributed by atoms with E-state index in [0.717, 1.165) is 57.7 Å². The van der Waals surface area contributed by atoms with E-state index in [9.17, 15) is 4.79 Å². The van der Waals surface area contributed by atoms with Crippen LogP contribution in [-0.2, 0) is 17.8 Å². The molecule has 25 heavy (non-hydrogen) atoms. The Morgan fingerprint density at radius 3 is 3.08 bits per heavy atom. The summed E-state index contributed by atoms with van der Waals surface area (Å²) >= 11 is 0. The smallest absolute Gasteiger partial charge is 0.221 e. The number of allylic oxidation sites excluding steroid dienone is 1. The molecule has 2 rings (SSSR count). The van der Waals surface area contributed by atoms with Crippen molar-refractivity contribution in [1.29, 1.82) is 0 Å². The number of primary amides is 1. The molecule has 1 atom stereocenters. The van der Waals surface area contributed by atoms with Crippen LogP contribution in [0.5, 0.6) is 5.75 Å². The van der Waals surface area contributed by atoms with Gasteiger partial charge in [0.15, 0.2) is 0 Å². The molecule has 1 aliphatic rings. The summed E-state index contributed by atoms with van der Waals surface area (Å²) in [5.41, 5.74) is 7.86. The molecule has 1 fully saturated rings. The molecule has 1 amide bonds. The number of piperidine rings is 1. The first-order chi connectivity index (χ1) is 12.1. The van der Waals surface area contributed by atoms with Gasteiger partial charge in [-0.1, -0.05) is 18.2 Å². The number of amides is 1. The van der Waals surface area contributed by atoms with Gasteiger partial charge >= 0.3 is 0 Å². The SMILES string of the molecule is C=CCc1cc(CNCCN2CCCC(C(N)=O)C2)ccc1OCC. The first-order valence-corrected chi connectivity index (χ1v) is 9.22. The second-order valence-electron chi connectivity index (χ2n) is 6.59. The molecule has 0 bridgehead atoms. The van der Waals surface area contributed by atoms with E-state index in [0.29, 0.717) is 6.61 Å². The highest BCUT2D eigenvalue weighted by molar-refractivity contribution is 5.76. The summed E-state index contributed by atoms with van der Waals surface area (Å²) in [6.07, 6.45) is 4.70. The van der Waals surface area contributed by atoms with E-state index in [1.54, 1.807) is 0 Å². The normalized spacial score (nSPS) is 18.0. The minimum absolute atomic E-state index is 0.0151. The summed E-state index contributed by atoms with van der Waals surface area (Å²) in [6.45, 7) is 11.0. The van der Waals surface area contributed by atoms with Gasteiger partial charge in [0.05, 0.1) is 12.5 Å². The van der Waals surface area contributed by atoms with E-state index < -0.39 is 0 Å². The van der Waals surface area contributed by atoms with Gasteiger partial charge < -0.3 is 20.7 Å². The maximum Gasteiger partial charge on any atom is 0.221 e. The van der Waals surface area contributed by atoms with Gasteiger partial charge in [0, 0.05) is 26.2 Å². The largest absolute Gasteiger partial charge is 0.494 e. The van der Waals surface area contributed by atoms with Gasteiger partial charge in [-0.15, -0.1) is 6.58 Å². The van der Waals surface area contributed by atoms with E-state index >= 15 is 0 Å². The Bertz CT molecular complexity index is 574. The lowest BCUT2D eigenvalue weighted by Crippen LogP contribution is -2.43. The number of hydrogen-bond donors (Lipinski definition) is 2. The molecule has 0 aliphatic carbocycles. The highest BCUT2D eigenvalue weighted by Crippen LogP contribution is 2.21. The number of ether oxygens (including phenoxy) is 1. The number of nitrogens with zero attached hydrogens (tertiary/aromatic N) is 1. The summed E-state index contributed by atoms with van der Waals surface area (Å²) in [5, 5.41) is 3.49. The fraction of sp³-hybridized carbons (Fsp3) is 0.550. The Balaban J connectivity index is 1.78. The molecule has 0 radical (unpaired) electrons. The first kappa shape index (κ1) is 19.5. The van der Waals surface area contributed by atoms with Crippen molar-refractivity contribution < 1.29 is 9.53 Å². The lowest BCUT2D eigenvalue weighted by atomic mass is 9.97. The molecule has 1 aromatic rings. The van der Waals surface area contributed by atoms with Crippen LogP contribution in [0.1, 0.15) is 30.9 Å². The summed E-state index contributed by atoms with van der Waals surface area (Å²) < 4.78 is 5.67. The molecule has 3 N–H and O–H groups in total. The molecule has 1 saturated heterocycles. The second kappa shape index (κ2) is 10.2. The average molecular weight is 345 g/mol. The van der Waals surface area contributed by atoms with E-state index in [4.69, 9.17) is 10.5 Å². The number of carbonyl (C=O) groups excluding carboxylic acids is 1. The van der Waals surface area contributed by atoms with Gasteiger partial charge in [-0.3, -0.25) is 4.79 Å². The van der Waals surface area contributed by atoms with Crippen LogP contribution in [0.4, 0.5) is 0 Å². The molecule has 5 nitrogen and oxygen atoms in total. The average Bonchev–Trinajstić information content (AvgIpc) is 2.61. The number of rotatable bonds is 10. The summed E-state index contributed by atoms with van der Waals surface area (Å²) in [7, 11) is 0. The van der Waals surface area contributed by atoms with E-state index in [1.807, 2.05) is 19.1 Å². The van der Waals surface area contributed by atoms with Crippen LogP contribution in [0.2, 0.25) is 0 Å². The Hall–Kier alpha value is -1.85. The quantitative estimate of drug-likeness (QED) is 0.503. The first-order valence-electron chi connectivity index (χ1n) is 9.22. The fourth-order valence-corrected chi connectivity index (χ4v) is 3.31. The van der Waals surface area contributed by atoms with E-state index in [-0.39, 0.29) is 11.8 Å². The summed E-state index contributed by atoms with van der Waals surface area (Å²) in [6, 6.07) is 6.33. The van der Waals surface area contributed by atoms with Crippen molar-refractivity contribution in [3.63, 3.8) is 0 Å². The predicted octanol–water partition coefficient (Wildman–Crippen LogP) is 2.10. The van der Waals surface area contributed by atoms with Crippen LogP contribution in [0.3, 0.4) is 0 Å². The van der Waals surface area contributed by atoms with Crippen LogP contribution in [0.25, 0.3) is 0 Å². The summed E-state index contributed by atoms with van der Waals surface area (Å²) in [4.78, 5) is 13.7. The number of hydrogen-bond acceptors (Lipinski definition) is 4. The maximum atomic E-state index is 11.3. The summed E-state index contributed by atoms with van der Waals surface area (Å²) in [5.74, 6) is 0.792. The Morgan fingerprint density at radius 2 is 2.36 bits per heavy atom. The predicted molar refractivity (Wildman–Crippen MR) is 102 cm³/mol. The second-order valence-corrected chi connectivity index (χ2v) is 6.59. The minimum Gasteiger partial charge on any atom is -0.494 e. The van der Waals surface area contributed by atoms with Gasteiger partial charge in [-0.05, 0) is 49.9 Å². The minimum atomic E-state index is -0.165. The third-order valence-corrected chi connectivity index (χ3v) is 4.63. The van der Waals surface area contributed by atoms with Crippen molar-refractivity contribution in [2.24, 2.45) is 11.7 Å². The lowest BCUT2D eigenvalue weighted by Gasteiger charge is -2.31. The van der Waals surface area contributed by atoms with Gasteiger partial charge in [0.2, 0.25) is 5.91 Å². The molecule has 1 aromatic carbocycles. The van der Waals surface area contributed by atoms with Crippen LogP contribution in [0, 0.1) is 5.92 Å². The van der Waals surface area contributed by atoms with Crippen LogP contribution in [-0.4, -0.2) is 43.6 Å². The molecule has 1 aliphatic heterocycles. The molecular weight excluding hydrogens is 314 g/mol. The molecule has 0 saturated carbocycles. The van der Waals surface area contributed by atoms with Crippen molar-refractivity contribution in [1.82, 2.24) is 10.2 Å². The van der Waals surface area contributed by atoms with Crippen molar-refractivity contribution in [3.05, 3.63) is 42.0 Å². The van der Waals surface area contributed by atoms with Crippen LogP contribution < -0.4 is 15.8 Å². The Labute approximate surface area is 151 Å². The molecular formula is C20H31N3O2. The topological polar surface area (TPSA) is 67.6 Å². The van der Waals surface area contributed by atoms with Crippen molar-refractivity contribution in [3.8, 4) is 5.75 Å². The Morgan fingerprint density at radius 1 is 1.52 bits per heavy atom. The van der Waals surface area contributed by atoms with E-state index in [2.05, 4.69) is 28.9 Å². The zero-order valence-electron chi connectivity index (χ0n) is 15.3. The molecule has 0 spiro atoms. The van der Waals surface area contributed by atoms with Gasteiger partial charge in [0.25, 0.3) is 0 Å². The number of nitrogens with two attached hydrogens (primary N) is 1. The van der Waals surface area contributed by atoms with E-state index in [1.165, 1.54) is 11.1 Å². The monoisotopic (exact) mass is 345 g/mol. The third kappa shape index (κ3) is 6.18. The van der Waals surface area contributed by atoms with Crippen molar-refractivity contribution in [2.75, 3.05) is 32.8 Å². The number of benzene rings is 1. The van der Waals surface area contributed by atoms with Crippen LogP contribution >= 0.6 is 0 Å². The maximum absolute atomic E-state index is 11.3. The molecule has 1 unspecified atom stereocenters. The number of nitrogens with one attached hydrogen (secondary N) is 1. The van der Waals surface area contributed by atoms with Gasteiger partial charge in [0.1, 0.15) is 5.75 Å². The zero-order valence-corrected chi connectivity index (χ0v) is 15.3. The van der Waals surface area contributed by atoms with Crippen molar-refractivity contribution in [2.45, 2.75) is 32.7 Å². The van der Waals surface area contributed by atoms with Crippen molar-refractivity contribution >= 4 is 5.91 Å². The zero-order chi connectivity index (χ0) is 18.1. The number of likely N-dealkylation sites (tertiary alicyclic amines) is 1. The standard InChI is InChI=1S/C20H31N3O2/c1-3-6-17-13-16(8-9-19(17)25-4-2)14-22-10-12-23-11-5-7-18(15-23)20(21)24/h3,8-9,13,18,22H,1,4-7,10-12,14-15H2,2H3,(H2,21,24). The van der Waals surface area contributed by atoms with Gasteiger partial charge in [-0.25, -0.2) is 0 Å². The fourth-order valence-electron chi connectivity index (χ4n) is 3.31. The Kier molecular flexibility index (Phi) is 7.95. The highest BCUT2D eigenvalue weighted by Gasteiger charge is 2.23. The van der Waals surface area contributed by atoms with Crippen LogP contribution in [0.15, 0.2) is 30.9 Å². The highest BCUT2D eigenvalue weighted by atomic mass is 16.5. The lowest BCUT2D eigenvalue weighted by molar-refractivity contribution is -0.123. The van der Waals surface area contributed by atoms with Gasteiger partial charge in [-0.2, -0.15) is 0 Å². The third-order valence-electron chi connectivity index (χ3n) is 4.63. The molecule has 5 heteroatoms. The molecule has 138 valence electrons. The number of carbonyl (C=O) groups is 1. The molecule has 0 aromatic heterocycles. The molecule has 1 heterocycles.